The first kappa shape index (κ1) is 23.0. The fraction of sp³-hybridized carbons (Fsp3) is 0.333. The van der Waals surface area contributed by atoms with Crippen molar-refractivity contribution in [2.75, 3.05) is 0 Å². The van der Waals surface area contributed by atoms with E-state index in [-0.39, 0.29) is 6.10 Å². The van der Waals surface area contributed by atoms with E-state index >= 15 is 0 Å². The zero-order valence-electron chi connectivity index (χ0n) is 20.4. The lowest BCUT2D eigenvalue weighted by Gasteiger charge is -2.38. The van der Waals surface area contributed by atoms with Crippen LogP contribution in [0.25, 0.3) is 32.7 Å². The van der Waals surface area contributed by atoms with E-state index in [2.05, 4.69) is 81.4 Å². The molecular weight excluding hydrogens is 471 g/mol. The molecule has 1 fully saturated rings. The molecule has 0 N–H and O–H groups in total. The molecule has 4 aromatic carbocycles. The summed E-state index contributed by atoms with van der Waals surface area (Å²) in [5.41, 5.74) is 2.06. The second kappa shape index (κ2) is 8.92. The van der Waals surface area contributed by atoms with E-state index in [1.165, 1.54) is 6.42 Å². The molecule has 4 aromatic rings. The molecule has 1 aliphatic carbocycles. The van der Waals surface area contributed by atoms with Crippen LogP contribution in [0.2, 0.25) is 0 Å². The smallest absolute Gasteiger partial charge is 0.415 e. The average molecular weight is 503 g/mol. The number of benzene rings is 4. The molecule has 2 aliphatic rings. The fourth-order valence-electron chi connectivity index (χ4n) is 5.88. The number of fused-ring (bicyclic) bond motifs is 7. The molecule has 6 rings (SSSR count). The fourth-order valence-corrected chi connectivity index (χ4v) is 8.17. The van der Waals surface area contributed by atoms with Gasteiger partial charge in [0.05, 0.1) is 6.10 Å². The van der Waals surface area contributed by atoms with E-state index in [9.17, 15) is 0 Å². The van der Waals surface area contributed by atoms with Crippen molar-refractivity contribution in [3.8, 4) is 22.6 Å². The molecule has 3 unspecified atom stereocenters. The third-order valence-electron chi connectivity index (χ3n) is 7.68. The highest BCUT2D eigenvalue weighted by atomic mass is 32.5. The SMILES string of the molecule is CC1CCC(C(C)C)C(OP2(=S)Oc3ccc4ccccc4c3-c3c(ccc4ccccc34)O2)C1. The minimum atomic E-state index is -3.12. The number of hydrogen-bond acceptors (Lipinski definition) is 4. The molecule has 1 aliphatic heterocycles. The Hall–Kier alpha value is -2.39. The normalized spacial score (nSPS) is 23.3. The van der Waals surface area contributed by atoms with E-state index in [1.54, 1.807) is 0 Å². The average Bonchev–Trinajstić information content (AvgIpc) is 2.97. The lowest BCUT2D eigenvalue weighted by molar-refractivity contribution is 0.0389. The molecule has 3 atom stereocenters. The predicted molar refractivity (Wildman–Crippen MR) is 149 cm³/mol. The van der Waals surface area contributed by atoms with Crippen LogP contribution in [0.15, 0.2) is 72.8 Å². The van der Waals surface area contributed by atoms with E-state index in [4.69, 9.17) is 25.4 Å². The Labute approximate surface area is 212 Å². The molecule has 0 radical (unpaired) electrons. The zero-order valence-corrected chi connectivity index (χ0v) is 22.2. The molecule has 180 valence electrons. The van der Waals surface area contributed by atoms with Gasteiger partial charge in [-0.3, -0.25) is 4.52 Å². The molecule has 0 bridgehead atoms. The summed E-state index contributed by atoms with van der Waals surface area (Å²) < 4.78 is 20.0. The van der Waals surface area contributed by atoms with Gasteiger partial charge in [0.1, 0.15) is 11.5 Å². The summed E-state index contributed by atoms with van der Waals surface area (Å²) in [6.45, 7) is 3.75. The van der Waals surface area contributed by atoms with Gasteiger partial charge in [-0.2, -0.15) is 0 Å². The first-order valence-corrected chi connectivity index (χ1v) is 15.2. The van der Waals surface area contributed by atoms with Gasteiger partial charge in [-0.05, 0) is 64.3 Å². The van der Waals surface area contributed by atoms with Crippen LogP contribution < -0.4 is 9.05 Å². The lowest BCUT2D eigenvalue weighted by Crippen LogP contribution is -2.34. The maximum absolute atomic E-state index is 6.76. The number of hydrogen-bond donors (Lipinski definition) is 0. The molecule has 0 amide bonds. The van der Waals surface area contributed by atoms with Gasteiger partial charge in [-0.15, -0.1) is 0 Å². The van der Waals surface area contributed by atoms with Crippen LogP contribution in [0.3, 0.4) is 0 Å². The van der Waals surface area contributed by atoms with Crippen molar-refractivity contribution in [2.24, 2.45) is 17.8 Å². The van der Waals surface area contributed by atoms with Gasteiger partial charge in [0.25, 0.3) is 0 Å². The van der Waals surface area contributed by atoms with Crippen LogP contribution in [0, 0.1) is 17.8 Å². The number of rotatable bonds is 3. The van der Waals surface area contributed by atoms with Crippen molar-refractivity contribution in [3.05, 3.63) is 72.8 Å². The first-order valence-electron chi connectivity index (χ1n) is 12.6. The second-order valence-electron chi connectivity index (χ2n) is 10.4. The highest BCUT2D eigenvalue weighted by Crippen LogP contribution is 2.61. The molecule has 35 heavy (non-hydrogen) atoms. The Balaban J connectivity index is 1.54. The second-order valence-corrected chi connectivity index (χ2v) is 13.2. The minimum Gasteiger partial charge on any atom is -0.415 e. The van der Waals surface area contributed by atoms with Crippen LogP contribution in [0.5, 0.6) is 11.5 Å². The van der Waals surface area contributed by atoms with Gasteiger partial charge >= 0.3 is 6.72 Å². The van der Waals surface area contributed by atoms with E-state index < -0.39 is 6.72 Å². The molecule has 1 saturated carbocycles. The van der Waals surface area contributed by atoms with Crippen molar-refractivity contribution >= 4 is 40.1 Å². The van der Waals surface area contributed by atoms with Crippen LogP contribution in [0.1, 0.15) is 40.0 Å². The summed E-state index contributed by atoms with van der Waals surface area (Å²) in [7, 11) is 0. The minimum absolute atomic E-state index is 0.0375. The quantitative estimate of drug-likeness (QED) is 0.261. The Morgan fingerprint density at radius 1 is 0.800 bits per heavy atom. The maximum Gasteiger partial charge on any atom is 0.435 e. The van der Waals surface area contributed by atoms with Crippen LogP contribution >= 0.6 is 6.72 Å². The van der Waals surface area contributed by atoms with E-state index in [0.717, 1.165) is 57.0 Å². The monoisotopic (exact) mass is 502 g/mol. The molecule has 3 nitrogen and oxygen atoms in total. The standard InChI is InChI=1S/C30H31O3PS/c1-19(2)23-15-12-20(3)18-28(23)33-34(35)31-26-16-13-21-8-4-6-10-24(21)29(26)30-25-11-7-5-9-22(25)14-17-27(30)32-34/h4-11,13-14,16-17,19-20,23,28H,12,15,18H2,1-3H3. The Bertz CT molecular complexity index is 1370. The summed E-state index contributed by atoms with van der Waals surface area (Å²) in [6.07, 6.45) is 3.41. The summed E-state index contributed by atoms with van der Waals surface area (Å²) in [6, 6.07) is 25.1. The highest BCUT2D eigenvalue weighted by molar-refractivity contribution is 8.07. The Morgan fingerprint density at radius 3 is 1.89 bits per heavy atom. The molecule has 5 heteroatoms. The third-order valence-corrected chi connectivity index (χ3v) is 9.75. The third kappa shape index (κ3) is 4.16. The van der Waals surface area contributed by atoms with Crippen molar-refractivity contribution in [1.29, 1.82) is 0 Å². The van der Waals surface area contributed by atoms with Crippen LogP contribution in [-0.2, 0) is 16.3 Å². The summed E-state index contributed by atoms with van der Waals surface area (Å²) in [4.78, 5) is 0. The summed E-state index contributed by atoms with van der Waals surface area (Å²) >= 11 is 6.14. The van der Waals surface area contributed by atoms with E-state index in [1.807, 2.05) is 12.1 Å². The maximum atomic E-state index is 6.76. The topological polar surface area (TPSA) is 27.7 Å². The zero-order chi connectivity index (χ0) is 24.2. The molecule has 1 heterocycles. The Kier molecular flexibility index (Phi) is 5.87. The highest BCUT2D eigenvalue weighted by Gasteiger charge is 2.40. The van der Waals surface area contributed by atoms with Gasteiger partial charge in [0.2, 0.25) is 0 Å². The lowest BCUT2D eigenvalue weighted by atomic mass is 9.75. The molecule has 0 spiro atoms. The van der Waals surface area contributed by atoms with Gasteiger partial charge in [0, 0.05) is 22.9 Å². The van der Waals surface area contributed by atoms with Crippen molar-refractivity contribution in [1.82, 2.24) is 0 Å². The van der Waals surface area contributed by atoms with Crippen LogP contribution in [-0.4, -0.2) is 6.10 Å². The molecular formula is C30H31O3PS. The molecule has 0 aromatic heterocycles. The predicted octanol–water partition coefficient (Wildman–Crippen LogP) is 9.13. The molecule has 0 saturated heterocycles. The summed E-state index contributed by atoms with van der Waals surface area (Å²) in [5, 5.41) is 4.57. The van der Waals surface area contributed by atoms with Crippen LogP contribution in [0.4, 0.5) is 0 Å². The first-order chi connectivity index (χ1) is 16.9. The van der Waals surface area contributed by atoms with Gasteiger partial charge in [0.15, 0.2) is 0 Å². The van der Waals surface area contributed by atoms with Crippen molar-refractivity contribution in [3.63, 3.8) is 0 Å². The Morgan fingerprint density at radius 2 is 1.34 bits per heavy atom. The van der Waals surface area contributed by atoms with Crippen molar-refractivity contribution in [2.45, 2.75) is 46.1 Å². The van der Waals surface area contributed by atoms with Crippen molar-refractivity contribution < 1.29 is 13.6 Å². The van der Waals surface area contributed by atoms with Gasteiger partial charge in [-0.1, -0.05) is 87.9 Å². The van der Waals surface area contributed by atoms with Gasteiger partial charge in [-0.25, -0.2) is 0 Å². The largest absolute Gasteiger partial charge is 0.435 e. The van der Waals surface area contributed by atoms with E-state index in [0.29, 0.717) is 17.8 Å². The van der Waals surface area contributed by atoms with Gasteiger partial charge < -0.3 is 9.05 Å². The summed E-state index contributed by atoms with van der Waals surface area (Å²) in [5.74, 6) is 3.07.